The number of anilines is 1. The molecule has 0 amide bonds. The number of aryl methyl sites for hydroxylation is 2. The van der Waals surface area contributed by atoms with Crippen molar-refractivity contribution in [3.8, 4) is 0 Å². The monoisotopic (exact) mass is 363 g/mol. The molecule has 1 fully saturated rings. The summed E-state index contributed by atoms with van der Waals surface area (Å²) in [7, 11) is 1.67. The highest BCUT2D eigenvalue weighted by Gasteiger charge is 2.27. The molecule has 3 rings (SSSR count). The van der Waals surface area contributed by atoms with Crippen LogP contribution in [0.15, 0.2) is 27.6 Å². The van der Waals surface area contributed by atoms with E-state index in [1.54, 1.807) is 11.9 Å². The van der Waals surface area contributed by atoms with Gasteiger partial charge in [-0.3, -0.25) is 4.99 Å². The number of aliphatic imine (C=N–C) groups is 1. The zero-order valence-corrected chi connectivity index (χ0v) is 15.1. The van der Waals surface area contributed by atoms with Crippen LogP contribution in [0.25, 0.3) is 0 Å². The molecule has 1 saturated heterocycles. The van der Waals surface area contributed by atoms with E-state index >= 15 is 0 Å². The molecule has 1 aliphatic rings. The highest BCUT2D eigenvalue weighted by molar-refractivity contribution is 5.80. The second-order valence-electron chi connectivity index (χ2n) is 6.32. The zero-order valence-electron chi connectivity index (χ0n) is 15.1. The van der Waals surface area contributed by atoms with Crippen molar-refractivity contribution in [2.75, 3.05) is 25.0 Å². The van der Waals surface area contributed by atoms with Crippen LogP contribution in [0.2, 0.25) is 0 Å². The van der Waals surface area contributed by atoms with E-state index in [0.717, 1.165) is 17.9 Å². The van der Waals surface area contributed by atoms with Gasteiger partial charge in [0.25, 0.3) is 0 Å². The largest absolute Gasteiger partial charge is 0.444 e. The van der Waals surface area contributed by atoms with Crippen molar-refractivity contribution < 1.29 is 13.2 Å². The fourth-order valence-electron chi connectivity index (χ4n) is 3.03. The van der Waals surface area contributed by atoms with Crippen LogP contribution in [0.3, 0.4) is 0 Å². The van der Waals surface area contributed by atoms with Gasteiger partial charge >= 0.3 is 0 Å². The van der Waals surface area contributed by atoms with Crippen LogP contribution in [0.4, 0.5) is 14.5 Å². The summed E-state index contributed by atoms with van der Waals surface area (Å²) >= 11 is 0. The molecule has 0 spiro atoms. The first-order valence-electron chi connectivity index (χ1n) is 8.57. The van der Waals surface area contributed by atoms with Gasteiger partial charge in [0.05, 0.1) is 12.2 Å². The number of oxazole rings is 1. The molecule has 0 radical (unpaired) electrons. The number of rotatable bonds is 4. The quantitative estimate of drug-likeness (QED) is 0.646. The van der Waals surface area contributed by atoms with Crippen LogP contribution in [-0.2, 0) is 6.54 Å². The molecule has 0 bridgehead atoms. The first-order valence-corrected chi connectivity index (χ1v) is 8.57. The van der Waals surface area contributed by atoms with E-state index in [4.69, 9.17) is 4.42 Å². The molecule has 0 aliphatic carbocycles. The molecule has 0 saturated carbocycles. The Morgan fingerprint density at radius 2 is 2.08 bits per heavy atom. The van der Waals surface area contributed by atoms with E-state index in [2.05, 4.69) is 20.6 Å². The number of benzene rings is 1. The van der Waals surface area contributed by atoms with Crippen molar-refractivity contribution in [2.45, 2.75) is 32.9 Å². The maximum absolute atomic E-state index is 13.9. The molecule has 140 valence electrons. The minimum atomic E-state index is -0.539. The van der Waals surface area contributed by atoms with Crippen molar-refractivity contribution in [3.05, 3.63) is 47.2 Å². The van der Waals surface area contributed by atoms with Gasteiger partial charge in [-0.1, -0.05) is 6.07 Å². The van der Waals surface area contributed by atoms with Crippen molar-refractivity contribution in [3.63, 3.8) is 0 Å². The van der Waals surface area contributed by atoms with E-state index in [1.165, 1.54) is 18.2 Å². The molecule has 1 aliphatic heterocycles. The highest BCUT2D eigenvalue weighted by Crippen LogP contribution is 2.26. The SMILES string of the molecule is CN=C(NCc1nc(C)c(C)o1)NC1CCN(c2c(F)cccc2F)C1. The first kappa shape index (κ1) is 18.2. The van der Waals surface area contributed by atoms with Gasteiger partial charge in [-0.25, -0.2) is 13.8 Å². The molecular formula is C18H23F2N5O. The minimum absolute atomic E-state index is 0.0329. The standard InChI is InChI=1S/C18H23F2N5O/c1-11-12(2)26-16(23-11)9-22-18(21-3)24-13-7-8-25(10-13)17-14(19)5-4-6-15(17)20/h4-6,13H,7-10H2,1-3H3,(H2,21,22,24). The van der Waals surface area contributed by atoms with Crippen molar-refractivity contribution in [1.82, 2.24) is 15.6 Å². The molecule has 2 aromatic rings. The summed E-state index contributed by atoms with van der Waals surface area (Å²) in [6.45, 7) is 5.24. The summed E-state index contributed by atoms with van der Waals surface area (Å²) in [6.07, 6.45) is 0.756. The molecule has 1 aromatic heterocycles. The number of hydrogen-bond acceptors (Lipinski definition) is 4. The fraction of sp³-hybridized carbons (Fsp3) is 0.444. The third kappa shape index (κ3) is 3.95. The van der Waals surface area contributed by atoms with Crippen molar-refractivity contribution in [1.29, 1.82) is 0 Å². The number of hydrogen-bond donors (Lipinski definition) is 2. The molecule has 2 heterocycles. The topological polar surface area (TPSA) is 65.7 Å². The molecule has 2 N–H and O–H groups in total. The number of halogens is 2. The predicted octanol–water partition coefficient (Wildman–Crippen LogP) is 2.51. The maximum Gasteiger partial charge on any atom is 0.214 e. The molecule has 6 nitrogen and oxygen atoms in total. The fourth-order valence-corrected chi connectivity index (χ4v) is 3.03. The van der Waals surface area contributed by atoms with Crippen molar-refractivity contribution in [2.24, 2.45) is 4.99 Å². The minimum Gasteiger partial charge on any atom is -0.444 e. The molecule has 1 atom stereocenters. The molecule has 1 unspecified atom stereocenters. The van der Waals surface area contributed by atoms with E-state index in [9.17, 15) is 8.78 Å². The first-order chi connectivity index (χ1) is 12.5. The molecule has 8 heteroatoms. The van der Waals surface area contributed by atoms with E-state index in [0.29, 0.717) is 31.5 Å². The lowest BCUT2D eigenvalue weighted by Crippen LogP contribution is -2.44. The Balaban J connectivity index is 1.56. The van der Waals surface area contributed by atoms with Gasteiger partial charge in [0.15, 0.2) is 5.96 Å². The third-order valence-corrected chi connectivity index (χ3v) is 4.49. The smallest absolute Gasteiger partial charge is 0.214 e. The molecular weight excluding hydrogens is 340 g/mol. The lowest BCUT2D eigenvalue weighted by Gasteiger charge is -2.21. The van der Waals surface area contributed by atoms with Crippen LogP contribution < -0.4 is 15.5 Å². The van der Waals surface area contributed by atoms with Gasteiger partial charge in [-0.15, -0.1) is 0 Å². The van der Waals surface area contributed by atoms with E-state index in [-0.39, 0.29) is 11.7 Å². The Morgan fingerprint density at radius 1 is 1.35 bits per heavy atom. The van der Waals surface area contributed by atoms with Gasteiger partial charge in [0.1, 0.15) is 23.1 Å². The Bertz CT molecular complexity index is 765. The van der Waals surface area contributed by atoms with Gasteiger partial charge in [-0.2, -0.15) is 0 Å². The molecule has 26 heavy (non-hydrogen) atoms. The summed E-state index contributed by atoms with van der Waals surface area (Å²) < 4.78 is 33.4. The lowest BCUT2D eigenvalue weighted by molar-refractivity contribution is 0.463. The van der Waals surface area contributed by atoms with Crippen LogP contribution in [0.5, 0.6) is 0 Å². The Kier molecular flexibility index (Phi) is 5.39. The Morgan fingerprint density at radius 3 is 2.69 bits per heavy atom. The second-order valence-corrected chi connectivity index (χ2v) is 6.32. The summed E-state index contributed by atoms with van der Waals surface area (Å²) in [5.74, 6) is 0.900. The number of nitrogens with zero attached hydrogens (tertiary/aromatic N) is 3. The van der Waals surface area contributed by atoms with Crippen LogP contribution in [-0.4, -0.2) is 37.1 Å². The maximum atomic E-state index is 13.9. The molecule has 1 aromatic carbocycles. The Labute approximate surface area is 151 Å². The van der Waals surface area contributed by atoms with E-state index in [1.807, 2.05) is 13.8 Å². The van der Waals surface area contributed by atoms with E-state index < -0.39 is 11.6 Å². The van der Waals surface area contributed by atoms with Gasteiger partial charge in [-0.05, 0) is 32.4 Å². The number of aromatic nitrogens is 1. The van der Waals surface area contributed by atoms with Gasteiger partial charge in [0, 0.05) is 26.2 Å². The number of nitrogens with one attached hydrogen (secondary N) is 2. The summed E-state index contributed by atoms with van der Waals surface area (Å²) in [5.41, 5.74) is 0.897. The normalized spacial score (nSPS) is 17.7. The lowest BCUT2D eigenvalue weighted by atomic mass is 10.2. The average molecular weight is 363 g/mol. The predicted molar refractivity (Wildman–Crippen MR) is 96.3 cm³/mol. The van der Waals surface area contributed by atoms with Gasteiger partial charge in [0.2, 0.25) is 5.89 Å². The average Bonchev–Trinajstić information content (AvgIpc) is 3.18. The second kappa shape index (κ2) is 7.72. The third-order valence-electron chi connectivity index (χ3n) is 4.49. The summed E-state index contributed by atoms with van der Waals surface area (Å²) in [5, 5.41) is 6.43. The zero-order chi connectivity index (χ0) is 18.7. The number of para-hydroxylation sites is 1. The highest BCUT2D eigenvalue weighted by atomic mass is 19.1. The summed E-state index contributed by atoms with van der Waals surface area (Å²) in [6, 6.07) is 3.96. The Hall–Kier alpha value is -2.64. The summed E-state index contributed by atoms with van der Waals surface area (Å²) in [4.78, 5) is 10.2. The van der Waals surface area contributed by atoms with Crippen LogP contribution in [0.1, 0.15) is 23.8 Å². The van der Waals surface area contributed by atoms with Crippen LogP contribution >= 0.6 is 0 Å². The number of guanidine groups is 1. The van der Waals surface area contributed by atoms with Gasteiger partial charge < -0.3 is 20.0 Å². The van der Waals surface area contributed by atoms with Crippen LogP contribution in [0, 0.1) is 25.5 Å². The van der Waals surface area contributed by atoms with Crippen molar-refractivity contribution >= 4 is 11.6 Å².